The summed E-state index contributed by atoms with van der Waals surface area (Å²) in [5.41, 5.74) is 6.85. The van der Waals surface area contributed by atoms with Crippen molar-refractivity contribution in [1.82, 2.24) is 0 Å². The van der Waals surface area contributed by atoms with Gasteiger partial charge in [0.15, 0.2) is 5.84 Å². The van der Waals surface area contributed by atoms with Gasteiger partial charge in [-0.15, -0.1) is 0 Å². The predicted molar refractivity (Wildman–Crippen MR) is 55.6 cm³/mol. The third-order valence-corrected chi connectivity index (χ3v) is 2.34. The molecule has 1 aromatic rings. The highest BCUT2D eigenvalue weighted by atomic mass is 35.5. The van der Waals surface area contributed by atoms with Gasteiger partial charge in [0.1, 0.15) is 11.6 Å². The van der Waals surface area contributed by atoms with Crippen molar-refractivity contribution in [2.45, 2.75) is 0 Å². The van der Waals surface area contributed by atoms with Gasteiger partial charge in [0.2, 0.25) is 0 Å². The number of aliphatic imine (C=N–C) groups is 1. The van der Waals surface area contributed by atoms with Crippen LogP contribution in [0.25, 0.3) is 0 Å². The second-order valence-corrected chi connectivity index (χ2v) is 3.28. The van der Waals surface area contributed by atoms with E-state index >= 15 is 0 Å². The first kappa shape index (κ1) is 9.02. The quantitative estimate of drug-likeness (QED) is 0.734. The molecule has 1 aliphatic heterocycles. The summed E-state index contributed by atoms with van der Waals surface area (Å²) in [5, 5.41) is 8.01. The number of halogens is 1. The van der Waals surface area contributed by atoms with E-state index in [4.69, 9.17) is 27.5 Å². The van der Waals surface area contributed by atoms with Crippen molar-refractivity contribution in [2.75, 3.05) is 7.11 Å². The lowest BCUT2D eigenvalue weighted by molar-refractivity contribution is 0.414. The van der Waals surface area contributed by atoms with E-state index in [1.165, 1.54) is 0 Å². The average molecular weight is 210 g/mol. The number of nitrogens with two attached hydrogens (primary N) is 1. The highest BCUT2D eigenvalue weighted by Gasteiger charge is 2.22. The lowest BCUT2D eigenvalue weighted by Gasteiger charge is -2.05. The number of hydrogen-bond acceptors (Lipinski definition) is 3. The van der Waals surface area contributed by atoms with Crippen LogP contribution in [-0.2, 0) is 0 Å². The van der Waals surface area contributed by atoms with Gasteiger partial charge in [-0.3, -0.25) is 5.41 Å². The summed E-state index contributed by atoms with van der Waals surface area (Å²) >= 11 is 5.98. The van der Waals surface area contributed by atoms with E-state index in [0.717, 1.165) is 0 Å². The van der Waals surface area contributed by atoms with Crippen LogP contribution < -0.4 is 10.5 Å². The van der Waals surface area contributed by atoms with Crippen LogP contribution in [0, 0.1) is 5.41 Å². The molecule has 0 aromatic heterocycles. The first-order chi connectivity index (χ1) is 6.63. The summed E-state index contributed by atoms with van der Waals surface area (Å²) in [6.45, 7) is 0. The monoisotopic (exact) mass is 209 g/mol. The second-order valence-electron chi connectivity index (χ2n) is 2.88. The van der Waals surface area contributed by atoms with E-state index in [-0.39, 0.29) is 11.7 Å². The van der Waals surface area contributed by atoms with Gasteiger partial charge in [-0.05, 0) is 12.1 Å². The molecule has 0 saturated carbocycles. The van der Waals surface area contributed by atoms with Crippen molar-refractivity contribution in [3.63, 3.8) is 0 Å². The minimum absolute atomic E-state index is 0.123. The van der Waals surface area contributed by atoms with Gasteiger partial charge in [-0.2, -0.15) is 0 Å². The number of hydrogen-bond donors (Lipinski definition) is 2. The number of ether oxygens (including phenoxy) is 1. The van der Waals surface area contributed by atoms with Crippen molar-refractivity contribution in [1.29, 1.82) is 5.41 Å². The Labute approximate surface area is 85.9 Å². The molecule has 4 nitrogen and oxygen atoms in total. The molecule has 0 saturated heterocycles. The zero-order valence-corrected chi connectivity index (χ0v) is 8.22. The molecule has 0 amide bonds. The van der Waals surface area contributed by atoms with Gasteiger partial charge in [0.05, 0.1) is 12.1 Å². The van der Waals surface area contributed by atoms with Crippen LogP contribution in [0.1, 0.15) is 11.1 Å². The number of nitrogens with zero attached hydrogens (tertiary/aromatic N) is 1. The smallest absolute Gasteiger partial charge is 0.155 e. The summed E-state index contributed by atoms with van der Waals surface area (Å²) < 4.78 is 5.03. The Morgan fingerprint density at radius 1 is 1.50 bits per heavy atom. The number of amidine groups is 2. The molecule has 0 unspecified atom stereocenters. The van der Waals surface area contributed by atoms with E-state index in [1.807, 2.05) is 0 Å². The molecule has 1 heterocycles. The van der Waals surface area contributed by atoms with Gasteiger partial charge in [-0.25, -0.2) is 4.99 Å². The van der Waals surface area contributed by atoms with Crippen LogP contribution in [0.15, 0.2) is 17.1 Å². The molecule has 0 atom stereocenters. The molecular formula is C9H8ClN3O. The molecule has 3 N–H and O–H groups in total. The molecule has 0 spiro atoms. The fourth-order valence-electron chi connectivity index (χ4n) is 1.38. The zero-order chi connectivity index (χ0) is 10.3. The molecule has 0 radical (unpaired) electrons. The topological polar surface area (TPSA) is 71.5 Å². The number of nitrogens with one attached hydrogen (secondary N) is 1. The zero-order valence-electron chi connectivity index (χ0n) is 7.47. The average Bonchev–Trinajstić information content (AvgIpc) is 2.42. The van der Waals surface area contributed by atoms with Gasteiger partial charge in [0, 0.05) is 11.1 Å². The van der Waals surface area contributed by atoms with E-state index in [0.29, 0.717) is 21.9 Å². The molecule has 1 aromatic carbocycles. The highest BCUT2D eigenvalue weighted by Crippen LogP contribution is 2.30. The standard InChI is InChI=1S/C9H8ClN3O/c1-14-4-2-5-7(6(10)3-4)9(12)13-8(5)11/h2-3H,1H3,(H3,11,12,13). The second kappa shape index (κ2) is 2.99. The Bertz CT molecular complexity index is 454. The molecule has 0 fully saturated rings. The molecule has 72 valence electrons. The van der Waals surface area contributed by atoms with Crippen molar-refractivity contribution in [2.24, 2.45) is 10.7 Å². The van der Waals surface area contributed by atoms with Crippen LogP contribution in [0.5, 0.6) is 5.75 Å². The molecular weight excluding hydrogens is 202 g/mol. The molecule has 0 bridgehead atoms. The lowest BCUT2D eigenvalue weighted by Crippen LogP contribution is -2.11. The summed E-state index contributed by atoms with van der Waals surface area (Å²) in [7, 11) is 1.54. The van der Waals surface area contributed by atoms with Crippen molar-refractivity contribution in [3.05, 3.63) is 28.3 Å². The minimum atomic E-state index is 0.123. The molecule has 5 heteroatoms. The number of fused-ring (bicyclic) bond motifs is 1. The summed E-state index contributed by atoms with van der Waals surface area (Å²) in [4.78, 5) is 3.83. The van der Waals surface area contributed by atoms with Gasteiger partial charge >= 0.3 is 0 Å². The Morgan fingerprint density at radius 3 is 2.86 bits per heavy atom. The third-order valence-electron chi connectivity index (χ3n) is 2.04. The maximum Gasteiger partial charge on any atom is 0.155 e. The largest absolute Gasteiger partial charge is 0.497 e. The third kappa shape index (κ3) is 1.15. The van der Waals surface area contributed by atoms with Crippen molar-refractivity contribution in [3.8, 4) is 5.75 Å². The van der Waals surface area contributed by atoms with Gasteiger partial charge < -0.3 is 10.5 Å². The van der Waals surface area contributed by atoms with Crippen molar-refractivity contribution >= 4 is 23.3 Å². The Kier molecular flexibility index (Phi) is 1.93. The lowest BCUT2D eigenvalue weighted by atomic mass is 10.1. The molecule has 0 aliphatic carbocycles. The highest BCUT2D eigenvalue weighted by molar-refractivity contribution is 6.37. The Morgan fingerprint density at radius 2 is 2.21 bits per heavy atom. The minimum Gasteiger partial charge on any atom is -0.497 e. The molecule has 1 aliphatic rings. The van der Waals surface area contributed by atoms with Crippen LogP contribution in [-0.4, -0.2) is 18.8 Å². The first-order valence-electron chi connectivity index (χ1n) is 3.94. The SMILES string of the molecule is COc1cc(Cl)c2c(c1)C(=N)N=C2N. The summed E-state index contributed by atoms with van der Waals surface area (Å²) in [6, 6.07) is 3.36. The Balaban J connectivity index is 2.68. The van der Waals surface area contributed by atoms with Gasteiger partial charge in [-0.1, -0.05) is 11.6 Å². The fourth-order valence-corrected chi connectivity index (χ4v) is 1.69. The number of rotatable bonds is 1. The molecule has 2 rings (SSSR count). The fraction of sp³-hybridized carbons (Fsp3) is 0.111. The maximum atomic E-state index is 7.55. The predicted octanol–water partition coefficient (Wildman–Crippen LogP) is 1.39. The van der Waals surface area contributed by atoms with Crippen LogP contribution >= 0.6 is 11.6 Å². The van der Waals surface area contributed by atoms with Crippen molar-refractivity contribution < 1.29 is 4.74 Å². The van der Waals surface area contributed by atoms with Crippen LogP contribution in [0.4, 0.5) is 0 Å². The molecule has 14 heavy (non-hydrogen) atoms. The summed E-state index contributed by atoms with van der Waals surface area (Å²) in [6.07, 6.45) is 0. The normalized spacial score (nSPS) is 13.9. The van der Waals surface area contributed by atoms with Gasteiger partial charge in [0.25, 0.3) is 0 Å². The van der Waals surface area contributed by atoms with Crippen LogP contribution in [0.3, 0.4) is 0 Å². The van der Waals surface area contributed by atoms with Crippen LogP contribution in [0.2, 0.25) is 5.02 Å². The van der Waals surface area contributed by atoms with E-state index < -0.39 is 0 Å². The van der Waals surface area contributed by atoms with E-state index in [1.54, 1.807) is 19.2 Å². The first-order valence-corrected chi connectivity index (χ1v) is 4.32. The Hall–Kier alpha value is -1.55. The summed E-state index contributed by atoms with van der Waals surface area (Å²) in [5.74, 6) is 1.01. The number of methoxy groups -OCH3 is 1. The van der Waals surface area contributed by atoms with E-state index in [2.05, 4.69) is 4.99 Å². The maximum absolute atomic E-state index is 7.55. The van der Waals surface area contributed by atoms with E-state index in [9.17, 15) is 0 Å². The number of benzene rings is 1.